The Balaban J connectivity index is 1.19. The van der Waals surface area contributed by atoms with Crippen LogP contribution in [0, 0.1) is 0 Å². The molecule has 3 atom stereocenters. The summed E-state index contributed by atoms with van der Waals surface area (Å²) in [7, 11) is -3.63. The summed E-state index contributed by atoms with van der Waals surface area (Å²) in [6.07, 6.45) is 3.94. The number of hydrogen-bond donors (Lipinski definition) is 2. The van der Waals surface area contributed by atoms with E-state index in [0.717, 1.165) is 30.5 Å². The van der Waals surface area contributed by atoms with Gasteiger partial charge < -0.3 is 9.73 Å². The summed E-state index contributed by atoms with van der Waals surface area (Å²) in [4.78, 5) is 16.6. The molecular formula is C24H27FN4O4S. The standard InChI is InChI=1S/C24H27FN4O4S/c25-20-13-19(6-7-21(20)29-11-1-9-28-29)34(31,32)18-4-2-16(3-5-18)14-27-24(30)22-12-17-8-10-26-15-23(17)33-22/h2-5,8,10,12,15,19-21,28H,1,6-7,9,11,13-14H2,(H,27,30). The summed E-state index contributed by atoms with van der Waals surface area (Å²) in [5, 5.41) is 4.76. The van der Waals surface area contributed by atoms with Gasteiger partial charge in [-0.1, -0.05) is 12.1 Å². The molecule has 1 aliphatic heterocycles. The molecule has 8 nitrogen and oxygen atoms in total. The molecule has 34 heavy (non-hydrogen) atoms. The number of pyridine rings is 1. The Hall–Kier alpha value is -2.82. The van der Waals surface area contributed by atoms with Crippen LogP contribution in [0.2, 0.25) is 0 Å². The molecule has 0 spiro atoms. The van der Waals surface area contributed by atoms with Gasteiger partial charge in [-0.05, 0) is 55.5 Å². The zero-order chi connectivity index (χ0) is 23.7. The molecule has 2 aromatic heterocycles. The summed E-state index contributed by atoms with van der Waals surface area (Å²) >= 11 is 0. The number of nitrogens with one attached hydrogen (secondary N) is 2. The minimum absolute atomic E-state index is 0.00993. The molecule has 2 fully saturated rings. The van der Waals surface area contributed by atoms with Crippen molar-refractivity contribution in [2.24, 2.45) is 0 Å². The lowest BCUT2D eigenvalue weighted by atomic mass is 9.93. The van der Waals surface area contributed by atoms with E-state index in [0.29, 0.717) is 18.4 Å². The first-order valence-electron chi connectivity index (χ1n) is 11.5. The van der Waals surface area contributed by atoms with Gasteiger partial charge in [0.25, 0.3) is 5.91 Å². The van der Waals surface area contributed by atoms with Gasteiger partial charge in [0.05, 0.1) is 22.4 Å². The molecule has 2 aliphatic rings. The minimum Gasteiger partial charge on any atom is -0.449 e. The second kappa shape index (κ2) is 9.44. The van der Waals surface area contributed by atoms with E-state index in [-0.39, 0.29) is 35.6 Å². The monoisotopic (exact) mass is 486 g/mol. The molecule has 0 bridgehead atoms. The molecule has 1 saturated carbocycles. The maximum absolute atomic E-state index is 14.8. The maximum atomic E-state index is 14.8. The maximum Gasteiger partial charge on any atom is 0.287 e. The fourth-order valence-corrected chi connectivity index (χ4v) is 6.57. The van der Waals surface area contributed by atoms with Crippen molar-refractivity contribution in [3.63, 3.8) is 0 Å². The number of nitrogens with zero attached hydrogens (tertiary/aromatic N) is 2. The summed E-state index contributed by atoms with van der Waals surface area (Å²) in [5.74, 6) is -0.186. The zero-order valence-corrected chi connectivity index (χ0v) is 19.4. The van der Waals surface area contributed by atoms with E-state index in [4.69, 9.17) is 4.42 Å². The molecule has 1 amide bonds. The van der Waals surface area contributed by atoms with E-state index in [9.17, 15) is 17.6 Å². The third kappa shape index (κ3) is 4.57. The van der Waals surface area contributed by atoms with Crippen molar-refractivity contribution in [1.82, 2.24) is 20.7 Å². The van der Waals surface area contributed by atoms with Crippen molar-refractivity contribution in [3.8, 4) is 0 Å². The summed E-state index contributed by atoms with van der Waals surface area (Å²) in [6.45, 7) is 1.86. The SMILES string of the molecule is O=C(NCc1ccc(S(=O)(=O)C2CCC(N3CCCN3)C(F)C2)cc1)c1cc2ccncc2o1. The van der Waals surface area contributed by atoms with Gasteiger partial charge in [0.15, 0.2) is 21.2 Å². The van der Waals surface area contributed by atoms with Gasteiger partial charge in [-0.2, -0.15) is 0 Å². The number of halogens is 1. The Labute approximate surface area is 197 Å². The van der Waals surface area contributed by atoms with E-state index in [1.165, 1.54) is 12.1 Å². The topological polar surface area (TPSA) is 105 Å². The van der Waals surface area contributed by atoms with Crippen molar-refractivity contribution in [2.45, 2.75) is 54.6 Å². The fourth-order valence-electron chi connectivity index (χ4n) is 4.79. The predicted molar refractivity (Wildman–Crippen MR) is 124 cm³/mol. The van der Waals surface area contributed by atoms with Crippen molar-refractivity contribution in [1.29, 1.82) is 0 Å². The fraction of sp³-hybridized carbons (Fsp3) is 0.417. The van der Waals surface area contributed by atoms with Crippen LogP contribution in [0.1, 0.15) is 41.8 Å². The van der Waals surface area contributed by atoms with Crippen molar-refractivity contribution < 1.29 is 22.0 Å². The highest BCUT2D eigenvalue weighted by Crippen LogP contribution is 2.33. The van der Waals surface area contributed by atoms with Crippen LogP contribution >= 0.6 is 0 Å². The van der Waals surface area contributed by atoms with Crippen LogP contribution in [0.15, 0.2) is 58.1 Å². The van der Waals surface area contributed by atoms with Gasteiger partial charge in [-0.3, -0.25) is 15.2 Å². The number of amides is 1. The number of rotatable bonds is 6. The molecule has 180 valence electrons. The Kier molecular flexibility index (Phi) is 6.37. The Bertz CT molecular complexity index is 1240. The second-order valence-electron chi connectivity index (χ2n) is 8.87. The van der Waals surface area contributed by atoms with E-state index in [1.54, 1.807) is 36.7 Å². The lowest BCUT2D eigenvalue weighted by Gasteiger charge is -2.36. The van der Waals surface area contributed by atoms with Crippen LogP contribution in [0.4, 0.5) is 4.39 Å². The number of alkyl halides is 1. The van der Waals surface area contributed by atoms with Crippen LogP contribution in [-0.2, 0) is 16.4 Å². The van der Waals surface area contributed by atoms with Crippen LogP contribution in [0.25, 0.3) is 11.0 Å². The number of furan rings is 1. The number of carbonyl (C=O) groups is 1. The van der Waals surface area contributed by atoms with E-state index in [2.05, 4.69) is 15.7 Å². The van der Waals surface area contributed by atoms with E-state index < -0.39 is 21.3 Å². The first kappa shape index (κ1) is 22.9. The Morgan fingerprint density at radius 3 is 2.76 bits per heavy atom. The van der Waals surface area contributed by atoms with Crippen LogP contribution in [0.5, 0.6) is 0 Å². The molecule has 1 aliphatic carbocycles. The van der Waals surface area contributed by atoms with Gasteiger partial charge in [0.2, 0.25) is 0 Å². The summed E-state index contributed by atoms with van der Waals surface area (Å²) < 4.78 is 46.6. The van der Waals surface area contributed by atoms with E-state index in [1.807, 2.05) is 5.01 Å². The normalized spacial score (nSPS) is 23.9. The van der Waals surface area contributed by atoms with Gasteiger partial charge in [0, 0.05) is 31.2 Å². The molecule has 3 heterocycles. The first-order chi connectivity index (χ1) is 16.4. The second-order valence-corrected chi connectivity index (χ2v) is 11.1. The van der Waals surface area contributed by atoms with Gasteiger partial charge in [-0.25, -0.2) is 17.8 Å². The largest absolute Gasteiger partial charge is 0.449 e. The number of hydrazine groups is 1. The number of sulfone groups is 1. The summed E-state index contributed by atoms with van der Waals surface area (Å²) in [6, 6.07) is 9.55. The molecule has 3 aromatic rings. The number of carbonyl (C=O) groups excluding carboxylic acids is 1. The number of hydrogen-bond acceptors (Lipinski definition) is 7. The van der Waals surface area contributed by atoms with Gasteiger partial charge in [-0.15, -0.1) is 0 Å². The van der Waals surface area contributed by atoms with Gasteiger partial charge in [0.1, 0.15) is 6.17 Å². The van der Waals surface area contributed by atoms with Crippen LogP contribution in [-0.4, -0.2) is 54.9 Å². The highest BCUT2D eigenvalue weighted by Gasteiger charge is 2.40. The highest BCUT2D eigenvalue weighted by atomic mass is 32.2. The lowest BCUT2D eigenvalue weighted by Crippen LogP contribution is -2.50. The Morgan fingerprint density at radius 1 is 1.24 bits per heavy atom. The predicted octanol–water partition coefficient (Wildman–Crippen LogP) is 3.00. The average Bonchev–Trinajstić information content (AvgIpc) is 3.53. The van der Waals surface area contributed by atoms with Crippen LogP contribution < -0.4 is 10.7 Å². The quantitative estimate of drug-likeness (QED) is 0.552. The van der Waals surface area contributed by atoms with Crippen molar-refractivity contribution in [2.75, 3.05) is 13.1 Å². The number of fused-ring (bicyclic) bond motifs is 1. The molecule has 2 N–H and O–H groups in total. The number of aromatic nitrogens is 1. The Morgan fingerprint density at radius 2 is 2.06 bits per heavy atom. The molecule has 10 heteroatoms. The number of benzene rings is 1. The molecule has 3 unspecified atom stereocenters. The van der Waals surface area contributed by atoms with Crippen molar-refractivity contribution >= 4 is 26.7 Å². The molecular weight excluding hydrogens is 459 g/mol. The van der Waals surface area contributed by atoms with Crippen molar-refractivity contribution in [3.05, 3.63) is 60.1 Å². The van der Waals surface area contributed by atoms with Crippen LogP contribution in [0.3, 0.4) is 0 Å². The minimum atomic E-state index is -3.63. The summed E-state index contributed by atoms with van der Waals surface area (Å²) in [5.41, 5.74) is 4.47. The lowest BCUT2D eigenvalue weighted by molar-refractivity contribution is 0.0631. The van der Waals surface area contributed by atoms with E-state index >= 15 is 0 Å². The molecule has 0 radical (unpaired) electrons. The third-order valence-corrected chi connectivity index (χ3v) is 8.91. The molecule has 1 saturated heterocycles. The molecule has 1 aromatic carbocycles. The third-order valence-electron chi connectivity index (χ3n) is 6.67. The first-order valence-corrected chi connectivity index (χ1v) is 13.1. The zero-order valence-electron chi connectivity index (χ0n) is 18.6. The smallest absolute Gasteiger partial charge is 0.287 e. The van der Waals surface area contributed by atoms with Gasteiger partial charge >= 0.3 is 0 Å². The average molecular weight is 487 g/mol. The molecule has 5 rings (SSSR count). The highest BCUT2D eigenvalue weighted by molar-refractivity contribution is 7.92.